The number of ether oxygens (including phenoxy) is 1. The summed E-state index contributed by atoms with van der Waals surface area (Å²) in [4.78, 5) is 24.0. The zero-order valence-electron chi connectivity index (χ0n) is 15.1. The van der Waals surface area contributed by atoms with Crippen LogP contribution in [-0.2, 0) is 4.79 Å². The molecular formula is C21H24N2O3. The molecule has 0 unspecified atom stereocenters. The van der Waals surface area contributed by atoms with Gasteiger partial charge in [-0.05, 0) is 42.8 Å². The summed E-state index contributed by atoms with van der Waals surface area (Å²) in [5.41, 5.74) is 2.03. The van der Waals surface area contributed by atoms with E-state index in [1.807, 2.05) is 24.3 Å². The summed E-state index contributed by atoms with van der Waals surface area (Å²) in [6.45, 7) is 2.74. The molecule has 0 aromatic heterocycles. The third-order valence-corrected chi connectivity index (χ3v) is 3.78. The summed E-state index contributed by atoms with van der Waals surface area (Å²) in [5.74, 6) is 0.346. The van der Waals surface area contributed by atoms with E-state index in [0.29, 0.717) is 23.5 Å². The number of carbonyl (C=O) groups is 2. The molecule has 2 amide bonds. The van der Waals surface area contributed by atoms with Crippen molar-refractivity contribution < 1.29 is 14.3 Å². The number of anilines is 1. The molecule has 0 aliphatic rings. The SMILES string of the molecule is CCCCNC(=O)c1ccc(NC(=O)/C=C/c2ccccc2OC)cc1. The minimum absolute atomic E-state index is 0.104. The van der Waals surface area contributed by atoms with Crippen LogP contribution in [-0.4, -0.2) is 25.5 Å². The number of amides is 2. The Balaban J connectivity index is 1.93. The Morgan fingerprint density at radius 1 is 1.08 bits per heavy atom. The van der Waals surface area contributed by atoms with E-state index in [0.717, 1.165) is 18.4 Å². The molecular weight excluding hydrogens is 328 g/mol. The predicted molar refractivity (Wildman–Crippen MR) is 104 cm³/mol. The van der Waals surface area contributed by atoms with Crippen LogP contribution >= 0.6 is 0 Å². The normalized spacial score (nSPS) is 10.5. The van der Waals surface area contributed by atoms with Crippen molar-refractivity contribution in [3.8, 4) is 5.75 Å². The van der Waals surface area contributed by atoms with Crippen molar-refractivity contribution in [2.45, 2.75) is 19.8 Å². The smallest absolute Gasteiger partial charge is 0.251 e. The second kappa shape index (κ2) is 10.0. The Morgan fingerprint density at radius 2 is 1.81 bits per heavy atom. The number of carbonyl (C=O) groups excluding carboxylic acids is 2. The summed E-state index contributed by atoms with van der Waals surface area (Å²) in [6, 6.07) is 14.3. The maximum atomic E-state index is 12.1. The average molecular weight is 352 g/mol. The Morgan fingerprint density at radius 3 is 2.50 bits per heavy atom. The first kappa shape index (κ1) is 19.2. The number of methoxy groups -OCH3 is 1. The highest BCUT2D eigenvalue weighted by Crippen LogP contribution is 2.18. The summed E-state index contributed by atoms with van der Waals surface area (Å²) in [7, 11) is 1.59. The van der Waals surface area contributed by atoms with Crippen molar-refractivity contribution in [2.75, 3.05) is 19.0 Å². The molecule has 2 aromatic carbocycles. The van der Waals surface area contributed by atoms with Gasteiger partial charge in [0.15, 0.2) is 0 Å². The number of rotatable bonds is 8. The van der Waals surface area contributed by atoms with Crippen LogP contribution in [0.5, 0.6) is 5.75 Å². The van der Waals surface area contributed by atoms with Crippen LogP contribution in [0.3, 0.4) is 0 Å². The zero-order valence-corrected chi connectivity index (χ0v) is 15.1. The highest BCUT2D eigenvalue weighted by atomic mass is 16.5. The maximum absolute atomic E-state index is 12.1. The zero-order chi connectivity index (χ0) is 18.8. The molecule has 2 rings (SSSR count). The lowest BCUT2D eigenvalue weighted by molar-refractivity contribution is -0.111. The number of hydrogen-bond donors (Lipinski definition) is 2. The topological polar surface area (TPSA) is 67.4 Å². The van der Waals surface area contributed by atoms with E-state index >= 15 is 0 Å². The average Bonchev–Trinajstić information content (AvgIpc) is 2.67. The Hall–Kier alpha value is -3.08. The van der Waals surface area contributed by atoms with Crippen LogP contribution in [0, 0.1) is 0 Å². The molecule has 0 heterocycles. The van der Waals surface area contributed by atoms with Crippen molar-refractivity contribution in [2.24, 2.45) is 0 Å². The Kier molecular flexibility index (Phi) is 7.43. The van der Waals surface area contributed by atoms with Gasteiger partial charge in [-0.1, -0.05) is 31.5 Å². The quantitative estimate of drug-likeness (QED) is 0.560. The predicted octanol–water partition coefficient (Wildman–Crippen LogP) is 3.88. The third kappa shape index (κ3) is 5.77. The van der Waals surface area contributed by atoms with Gasteiger partial charge in [0.25, 0.3) is 5.91 Å². The third-order valence-electron chi connectivity index (χ3n) is 3.78. The molecule has 136 valence electrons. The van der Waals surface area contributed by atoms with Gasteiger partial charge < -0.3 is 15.4 Å². The number of hydrogen-bond acceptors (Lipinski definition) is 3. The van der Waals surface area contributed by atoms with Crippen LogP contribution in [0.1, 0.15) is 35.7 Å². The molecule has 0 aliphatic heterocycles. The summed E-state index contributed by atoms with van der Waals surface area (Å²) in [6.07, 6.45) is 5.14. The molecule has 0 spiro atoms. The van der Waals surface area contributed by atoms with E-state index in [-0.39, 0.29) is 11.8 Å². The first-order chi connectivity index (χ1) is 12.6. The molecule has 0 saturated heterocycles. The lowest BCUT2D eigenvalue weighted by Gasteiger charge is -2.06. The van der Waals surface area contributed by atoms with Gasteiger partial charge in [-0.25, -0.2) is 0 Å². The highest BCUT2D eigenvalue weighted by Gasteiger charge is 2.05. The minimum Gasteiger partial charge on any atom is -0.496 e. The van der Waals surface area contributed by atoms with Crippen molar-refractivity contribution in [1.29, 1.82) is 0 Å². The van der Waals surface area contributed by atoms with Crippen molar-refractivity contribution in [3.05, 3.63) is 65.7 Å². The van der Waals surface area contributed by atoms with Crippen molar-refractivity contribution in [3.63, 3.8) is 0 Å². The largest absolute Gasteiger partial charge is 0.496 e. The molecule has 2 N–H and O–H groups in total. The number of benzene rings is 2. The second-order valence-corrected chi connectivity index (χ2v) is 5.75. The first-order valence-corrected chi connectivity index (χ1v) is 8.64. The standard InChI is InChI=1S/C21H24N2O3/c1-3-4-15-22-21(25)17-9-12-18(13-10-17)23-20(24)14-11-16-7-5-6-8-19(16)26-2/h5-14H,3-4,15H2,1-2H3,(H,22,25)(H,23,24)/b14-11+. The molecule has 0 aliphatic carbocycles. The first-order valence-electron chi connectivity index (χ1n) is 8.64. The van der Waals surface area contributed by atoms with Crippen LogP contribution < -0.4 is 15.4 Å². The fourth-order valence-corrected chi connectivity index (χ4v) is 2.34. The fraction of sp³-hybridized carbons (Fsp3) is 0.238. The van der Waals surface area contributed by atoms with Gasteiger partial charge in [-0.2, -0.15) is 0 Å². The van der Waals surface area contributed by atoms with Gasteiger partial charge in [-0.15, -0.1) is 0 Å². The van der Waals surface area contributed by atoms with Gasteiger partial charge in [0.2, 0.25) is 5.91 Å². The van der Waals surface area contributed by atoms with Crippen molar-refractivity contribution >= 4 is 23.6 Å². The van der Waals surface area contributed by atoms with E-state index in [1.54, 1.807) is 37.5 Å². The molecule has 0 saturated carbocycles. The van der Waals surface area contributed by atoms with E-state index in [2.05, 4.69) is 17.6 Å². The van der Waals surface area contributed by atoms with E-state index < -0.39 is 0 Å². The number of para-hydroxylation sites is 1. The molecule has 0 atom stereocenters. The molecule has 5 nitrogen and oxygen atoms in total. The number of nitrogens with one attached hydrogen (secondary N) is 2. The molecule has 2 aromatic rings. The van der Waals surface area contributed by atoms with E-state index in [4.69, 9.17) is 4.74 Å². The Bertz CT molecular complexity index is 767. The van der Waals surface area contributed by atoms with Gasteiger partial charge >= 0.3 is 0 Å². The highest BCUT2D eigenvalue weighted by molar-refractivity contribution is 6.02. The number of unbranched alkanes of at least 4 members (excludes halogenated alkanes) is 1. The van der Waals surface area contributed by atoms with Gasteiger partial charge in [0, 0.05) is 29.4 Å². The molecule has 0 bridgehead atoms. The van der Waals surface area contributed by atoms with E-state index in [9.17, 15) is 9.59 Å². The monoisotopic (exact) mass is 352 g/mol. The van der Waals surface area contributed by atoms with Crippen LogP contribution in [0.4, 0.5) is 5.69 Å². The molecule has 5 heteroatoms. The molecule has 0 radical (unpaired) electrons. The van der Waals surface area contributed by atoms with Gasteiger partial charge in [0.05, 0.1) is 7.11 Å². The lowest BCUT2D eigenvalue weighted by atomic mass is 10.1. The lowest BCUT2D eigenvalue weighted by Crippen LogP contribution is -2.24. The van der Waals surface area contributed by atoms with Crippen LogP contribution in [0.15, 0.2) is 54.6 Å². The minimum atomic E-state index is -0.254. The summed E-state index contributed by atoms with van der Waals surface area (Å²) < 4.78 is 5.25. The fourth-order valence-electron chi connectivity index (χ4n) is 2.34. The van der Waals surface area contributed by atoms with Gasteiger partial charge in [-0.3, -0.25) is 9.59 Å². The second-order valence-electron chi connectivity index (χ2n) is 5.75. The van der Waals surface area contributed by atoms with Crippen LogP contribution in [0.2, 0.25) is 0 Å². The maximum Gasteiger partial charge on any atom is 0.251 e. The summed E-state index contributed by atoms with van der Waals surface area (Å²) in [5, 5.41) is 5.63. The van der Waals surface area contributed by atoms with Crippen LogP contribution in [0.25, 0.3) is 6.08 Å². The van der Waals surface area contributed by atoms with Gasteiger partial charge in [0.1, 0.15) is 5.75 Å². The Labute approximate surface area is 154 Å². The molecule has 26 heavy (non-hydrogen) atoms. The van der Waals surface area contributed by atoms with Crippen molar-refractivity contribution in [1.82, 2.24) is 5.32 Å². The molecule has 0 fully saturated rings. The van der Waals surface area contributed by atoms with E-state index in [1.165, 1.54) is 6.08 Å². The summed E-state index contributed by atoms with van der Waals surface area (Å²) >= 11 is 0.